The van der Waals surface area contributed by atoms with Crippen LogP contribution in [0.5, 0.6) is 0 Å². The quantitative estimate of drug-likeness (QED) is 0.297. The first-order chi connectivity index (χ1) is 19.9. The van der Waals surface area contributed by atoms with E-state index in [9.17, 15) is 5.48 Å². The fraction of sp³-hybridized carbons (Fsp3) is 0.538. The van der Waals surface area contributed by atoms with Crippen molar-refractivity contribution in [1.29, 1.82) is 0 Å². The molecule has 0 bridgehead atoms. The molecule has 0 aliphatic carbocycles. The van der Waals surface area contributed by atoms with Crippen molar-refractivity contribution < 1.29 is 8.22 Å². The average molecular weight is 531 g/mol. The van der Waals surface area contributed by atoms with E-state index in [1.54, 1.807) is 12.1 Å². The van der Waals surface area contributed by atoms with Gasteiger partial charge in [-0.3, -0.25) is 0 Å². The normalized spacial score (nSPS) is 16.5. The van der Waals surface area contributed by atoms with Gasteiger partial charge in [-0.05, 0) is 98.6 Å². The zero-order valence-corrected chi connectivity index (χ0v) is 26.9. The first-order valence-corrected chi connectivity index (χ1v) is 14.4. The number of rotatable bonds is 6. The van der Waals surface area contributed by atoms with E-state index in [0.29, 0.717) is 34.2 Å². The number of hydrogen-bond donors (Lipinski definition) is 0. The molecule has 0 heteroatoms. The lowest BCUT2D eigenvalue weighted by atomic mass is 9.81. The third kappa shape index (κ3) is 9.37. The zero-order valence-electron chi connectivity index (χ0n) is 32.9. The van der Waals surface area contributed by atoms with E-state index in [4.69, 9.17) is 2.74 Å². The van der Waals surface area contributed by atoms with Crippen LogP contribution >= 0.6 is 0 Å². The SMILES string of the molecule is [2H]C([2H])(CC(C)(C)C)c1cc(C(C)(C)C)cc(C([2H])([2H])c2cc(C(C)(C)C)cc(C([2H])([2H])c3cc(C)cc(C(C)(C)C)c3)c2)c1. The molecule has 0 spiro atoms. The Morgan fingerprint density at radius 3 is 1.18 bits per heavy atom. The standard InChI is InChI=1S/C39H56/c1-27-16-29(23-33(17-27)37(5,6)7)19-31-21-32(26-35(25-31)39(11,12)13)20-30-18-28(14-15-36(2,3)4)22-34(24-30)38(8,9)10/h16-18,21-26H,14-15,19-20H2,1-13H3/i14D2,19D2,20D2. The Kier molecular flexibility index (Phi) is 6.75. The maximum Gasteiger partial charge on any atom is 0.0366 e. The molecule has 0 radical (unpaired) electrons. The van der Waals surface area contributed by atoms with E-state index in [2.05, 4.69) is 68.4 Å². The van der Waals surface area contributed by atoms with Crippen LogP contribution < -0.4 is 0 Å². The molecule has 39 heavy (non-hydrogen) atoms. The molecule has 0 amide bonds. The van der Waals surface area contributed by atoms with Gasteiger partial charge < -0.3 is 0 Å². The van der Waals surface area contributed by atoms with Gasteiger partial charge in [0.05, 0.1) is 0 Å². The molecule has 0 unspecified atom stereocenters. The van der Waals surface area contributed by atoms with E-state index in [-0.39, 0.29) is 21.7 Å². The van der Waals surface area contributed by atoms with Crippen molar-refractivity contribution in [2.75, 3.05) is 0 Å². The van der Waals surface area contributed by atoms with Crippen molar-refractivity contribution in [2.45, 2.75) is 132 Å². The lowest BCUT2D eigenvalue weighted by molar-refractivity contribution is 0.378. The van der Waals surface area contributed by atoms with Crippen LogP contribution in [0.1, 0.15) is 148 Å². The van der Waals surface area contributed by atoms with Gasteiger partial charge in [0, 0.05) is 8.22 Å². The molecule has 0 aliphatic rings. The highest BCUT2D eigenvalue weighted by atomic mass is 14.2. The molecule has 0 N–H and O–H groups in total. The monoisotopic (exact) mass is 530 g/mol. The third-order valence-electron chi connectivity index (χ3n) is 6.94. The predicted molar refractivity (Wildman–Crippen MR) is 174 cm³/mol. The minimum Gasteiger partial charge on any atom is -0.0602 e. The largest absolute Gasteiger partial charge is 0.0602 e. The summed E-state index contributed by atoms with van der Waals surface area (Å²) < 4.78 is 56.0. The van der Waals surface area contributed by atoms with Crippen LogP contribution in [0.15, 0.2) is 54.6 Å². The Balaban J connectivity index is 2.33. The fourth-order valence-corrected chi connectivity index (χ4v) is 4.43. The molecule has 0 fully saturated rings. The van der Waals surface area contributed by atoms with Gasteiger partial charge in [0.25, 0.3) is 0 Å². The van der Waals surface area contributed by atoms with Crippen LogP contribution in [0.4, 0.5) is 0 Å². The first kappa shape index (κ1) is 23.4. The number of hydrogen-bond acceptors (Lipinski definition) is 0. The van der Waals surface area contributed by atoms with E-state index in [1.165, 1.54) is 0 Å². The molecule has 0 nitrogen and oxygen atoms in total. The Hall–Kier alpha value is -2.34. The van der Waals surface area contributed by atoms with Crippen molar-refractivity contribution in [1.82, 2.24) is 0 Å². The van der Waals surface area contributed by atoms with Crippen LogP contribution in [0.3, 0.4) is 0 Å². The molecular weight excluding hydrogens is 468 g/mol. The lowest BCUT2D eigenvalue weighted by Crippen LogP contribution is -2.14. The Bertz CT molecular complexity index is 1530. The van der Waals surface area contributed by atoms with Crippen molar-refractivity contribution in [3.63, 3.8) is 0 Å². The minimum absolute atomic E-state index is 0.152. The zero-order chi connectivity index (χ0) is 34.8. The second kappa shape index (κ2) is 11.3. The molecule has 0 aromatic heterocycles. The molecule has 0 aliphatic heterocycles. The molecule has 0 heterocycles. The molecule has 0 atom stereocenters. The Labute approximate surface area is 250 Å². The summed E-state index contributed by atoms with van der Waals surface area (Å²) >= 11 is 0. The Morgan fingerprint density at radius 1 is 0.462 bits per heavy atom. The third-order valence-corrected chi connectivity index (χ3v) is 6.94. The summed E-state index contributed by atoms with van der Waals surface area (Å²) in [6, 6.07) is 16.8. The van der Waals surface area contributed by atoms with Crippen molar-refractivity contribution in [2.24, 2.45) is 5.41 Å². The number of aryl methyl sites for hydroxylation is 2. The van der Waals surface area contributed by atoms with E-state index in [0.717, 1.165) is 22.3 Å². The summed E-state index contributed by atoms with van der Waals surface area (Å²) in [6.07, 6.45) is -5.24. The second-order valence-corrected chi connectivity index (χ2v) is 15.6. The van der Waals surface area contributed by atoms with Crippen LogP contribution in [-0.4, -0.2) is 0 Å². The Morgan fingerprint density at radius 2 is 0.795 bits per heavy atom. The van der Waals surface area contributed by atoms with Gasteiger partial charge in [-0.2, -0.15) is 0 Å². The van der Waals surface area contributed by atoms with Gasteiger partial charge >= 0.3 is 0 Å². The van der Waals surface area contributed by atoms with Crippen molar-refractivity contribution >= 4 is 0 Å². The van der Waals surface area contributed by atoms with E-state index < -0.39 is 19.1 Å². The number of benzene rings is 3. The fourth-order valence-electron chi connectivity index (χ4n) is 4.43. The van der Waals surface area contributed by atoms with Crippen LogP contribution in [-0.2, 0) is 35.4 Å². The molecule has 212 valence electrons. The van der Waals surface area contributed by atoms with Gasteiger partial charge in [0.2, 0.25) is 0 Å². The molecule has 0 saturated heterocycles. The second-order valence-electron chi connectivity index (χ2n) is 15.6. The van der Waals surface area contributed by atoms with Crippen LogP contribution in [0.25, 0.3) is 0 Å². The summed E-state index contributed by atoms with van der Waals surface area (Å²) in [6.45, 7) is 26.8. The van der Waals surface area contributed by atoms with Gasteiger partial charge in [0.15, 0.2) is 0 Å². The highest BCUT2D eigenvalue weighted by Gasteiger charge is 2.20. The minimum atomic E-state index is -2.01. The average Bonchev–Trinajstić information content (AvgIpc) is 2.84. The van der Waals surface area contributed by atoms with Gasteiger partial charge in [0.1, 0.15) is 0 Å². The van der Waals surface area contributed by atoms with Gasteiger partial charge in [-0.1, -0.05) is 143 Å². The maximum atomic E-state index is 9.57. The summed E-state index contributed by atoms with van der Waals surface area (Å²) in [5, 5.41) is 0. The maximum absolute atomic E-state index is 9.57. The summed E-state index contributed by atoms with van der Waals surface area (Å²) in [7, 11) is 0. The van der Waals surface area contributed by atoms with E-state index >= 15 is 0 Å². The highest BCUT2D eigenvalue weighted by Crippen LogP contribution is 2.31. The topological polar surface area (TPSA) is 0 Å². The molecule has 3 aromatic rings. The summed E-state index contributed by atoms with van der Waals surface area (Å²) in [5.41, 5.74) is 4.85. The molecule has 0 saturated carbocycles. The van der Waals surface area contributed by atoms with Gasteiger partial charge in [-0.15, -0.1) is 0 Å². The first-order valence-electron chi connectivity index (χ1n) is 17.4. The smallest absolute Gasteiger partial charge is 0.0366 e. The summed E-state index contributed by atoms with van der Waals surface area (Å²) in [4.78, 5) is 0. The van der Waals surface area contributed by atoms with E-state index in [1.807, 2.05) is 64.1 Å². The summed E-state index contributed by atoms with van der Waals surface area (Å²) in [5.74, 6) is 0. The lowest BCUT2D eigenvalue weighted by Gasteiger charge is -2.24. The molecule has 3 rings (SSSR count). The predicted octanol–water partition coefficient (Wildman–Crippen LogP) is 11.0. The van der Waals surface area contributed by atoms with Gasteiger partial charge in [-0.25, -0.2) is 0 Å². The molecule has 3 aromatic carbocycles. The van der Waals surface area contributed by atoms with Crippen molar-refractivity contribution in [3.05, 3.63) is 105 Å². The molecular formula is C39H56. The van der Waals surface area contributed by atoms with Crippen LogP contribution in [0, 0.1) is 12.3 Å². The highest BCUT2D eigenvalue weighted by molar-refractivity contribution is 5.43. The van der Waals surface area contributed by atoms with Crippen LogP contribution in [0.2, 0.25) is 0 Å². The van der Waals surface area contributed by atoms with Crippen molar-refractivity contribution in [3.8, 4) is 0 Å².